The number of ether oxygens (including phenoxy) is 1. The Morgan fingerprint density at radius 1 is 1.20 bits per heavy atom. The van der Waals surface area contributed by atoms with Crippen LogP contribution in [0.15, 0.2) is 4.99 Å². The molecule has 120 valence electrons. The molecule has 1 heterocycles. The van der Waals surface area contributed by atoms with Crippen molar-refractivity contribution < 1.29 is 4.74 Å². The van der Waals surface area contributed by atoms with E-state index in [9.17, 15) is 0 Å². The number of nitrogens with one attached hydrogen (secondary N) is 1. The van der Waals surface area contributed by atoms with Gasteiger partial charge in [0.25, 0.3) is 0 Å². The van der Waals surface area contributed by atoms with Crippen LogP contribution in [0.3, 0.4) is 0 Å². The lowest BCUT2D eigenvalue weighted by Gasteiger charge is -2.08. The van der Waals surface area contributed by atoms with Crippen LogP contribution in [-0.4, -0.2) is 31.8 Å². The summed E-state index contributed by atoms with van der Waals surface area (Å²) in [6, 6.07) is 0. The van der Waals surface area contributed by atoms with E-state index in [2.05, 4.69) is 17.2 Å². The van der Waals surface area contributed by atoms with Crippen LogP contribution in [0.4, 0.5) is 0 Å². The van der Waals surface area contributed by atoms with Gasteiger partial charge < -0.3 is 15.8 Å². The largest absolute Gasteiger partial charge is 0.376 e. The Morgan fingerprint density at radius 2 is 1.90 bits per heavy atom. The fraction of sp³-hybridized carbons (Fsp3) is 0.933. The zero-order valence-corrected chi connectivity index (χ0v) is 15.2. The zero-order valence-electron chi connectivity index (χ0n) is 12.9. The van der Waals surface area contributed by atoms with E-state index in [4.69, 9.17) is 10.5 Å². The van der Waals surface area contributed by atoms with E-state index in [1.54, 1.807) is 0 Å². The molecule has 0 amide bonds. The van der Waals surface area contributed by atoms with Gasteiger partial charge in [-0.15, -0.1) is 24.0 Å². The standard InChI is InChI=1S/C15H31N3O.HI/c1-2-3-4-5-6-7-8-11-17-15(16)18-13-14-10-9-12-19-14;/h14H,2-13H2,1H3,(H3,16,17,18);1H. The van der Waals surface area contributed by atoms with Gasteiger partial charge in [-0.05, 0) is 19.3 Å². The van der Waals surface area contributed by atoms with Crippen molar-refractivity contribution in [3.63, 3.8) is 0 Å². The van der Waals surface area contributed by atoms with Crippen molar-refractivity contribution in [3.8, 4) is 0 Å². The maximum Gasteiger partial charge on any atom is 0.188 e. The normalized spacial score (nSPS) is 18.9. The number of halogens is 1. The van der Waals surface area contributed by atoms with Crippen molar-refractivity contribution in [2.45, 2.75) is 70.8 Å². The SMILES string of the molecule is CCCCCCCCCNC(N)=NCC1CCCO1.I. The second kappa shape index (κ2) is 13.9. The van der Waals surface area contributed by atoms with Crippen molar-refractivity contribution in [1.29, 1.82) is 0 Å². The Labute approximate surface area is 141 Å². The first-order chi connectivity index (χ1) is 9.33. The van der Waals surface area contributed by atoms with Gasteiger partial charge in [-0.25, -0.2) is 0 Å². The van der Waals surface area contributed by atoms with Crippen LogP contribution in [0.1, 0.15) is 64.7 Å². The Bertz CT molecular complexity index is 243. The van der Waals surface area contributed by atoms with E-state index >= 15 is 0 Å². The summed E-state index contributed by atoms with van der Waals surface area (Å²) < 4.78 is 5.50. The number of hydrogen-bond donors (Lipinski definition) is 2. The molecule has 5 heteroatoms. The Balaban J connectivity index is 0.00000361. The van der Waals surface area contributed by atoms with Gasteiger partial charge in [-0.3, -0.25) is 4.99 Å². The van der Waals surface area contributed by atoms with E-state index in [1.807, 2.05) is 0 Å². The third kappa shape index (κ3) is 10.7. The fourth-order valence-electron chi connectivity index (χ4n) is 2.34. The highest BCUT2D eigenvalue weighted by Crippen LogP contribution is 2.11. The number of nitrogens with zero attached hydrogens (tertiary/aromatic N) is 1. The molecular weight excluding hydrogens is 365 g/mol. The van der Waals surface area contributed by atoms with Crippen molar-refractivity contribution >= 4 is 29.9 Å². The van der Waals surface area contributed by atoms with E-state index in [0.29, 0.717) is 18.6 Å². The second-order valence-electron chi connectivity index (χ2n) is 5.41. The summed E-state index contributed by atoms with van der Waals surface area (Å²) in [7, 11) is 0. The quantitative estimate of drug-likeness (QED) is 0.257. The molecule has 1 unspecified atom stereocenters. The lowest BCUT2D eigenvalue weighted by Crippen LogP contribution is -2.33. The Morgan fingerprint density at radius 3 is 2.55 bits per heavy atom. The van der Waals surface area contributed by atoms with Gasteiger partial charge in [-0.1, -0.05) is 45.4 Å². The fourth-order valence-corrected chi connectivity index (χ4v) is 2.34. The van der Waals surface area contributed by atoms with E-state index in [1.165, 1.54) is 44.9 Å². The maximum absolute atomic E-state index is 5.82. The third-order valence-corrected chi connectivity index (χ3v) is 3.58. The van der Waals surface area contributed by atoms with E-state index in [-0.39, 0.29) is 24.0 Å². The van der Waals surface area contributed by atoms with Crippen LogP contribution in [-0.2, 0) is 4.74 Å². The maximum atomic E-state index is 5.82. The molecule has 0 saturated carbocycles. The molecule has 1 aliphatic heterocycles. The van der Waals surface area contributed by atoms with E-state index in [0.717, 1.165) is 26.0 Å². The van der Waals surface area contributed by atoms with E-state index < -0.39 is 0 Å². The highest BCUT2D eigenvalue weighted by atomic mass is 127. The summed E-state index contributed by atoms with van der Waals surface area (Å²) in [5.41, 5.74) is 5.82. The molecule has 4 nitrogen and oxygen atoms in total. The summed E-state index contributed by atoms with van der Waals surface area (Å²) in [5, 5.41) is 3.18. The lowest BCUT2D eigenvalue weighted by atomic mass is 10.1. The van der Waals surface area contributed by atoms with Gasteiger partial charge in [-0.2, -0.15) is 0 Å². The predicted molar refractivity (Wildman–Crippen MR) is 96.9 cm³/mol. The van der Waals surface area contributed by atoms with Crippen molar-refractivity contribution in [3.05, 3.63) is 0 Å². The molecule has 20 heavy (non-hydrogen) atoms. The topological polar surface area (TPSA) is 59.6 Å². The second-order valence-corrected chi connectivity index (χ2v) is 5.41. The first-order valence-corrected chi connectivity index (χ1v) is 7.98. The van der Waals surface area contributed by atoms with Crippen molar-refractivity contribution in [2.24, 2.45) is 10.7 Å². The molecule has 0 aliphatic carbocycles. The number of hydrogen-bond acceptors (Lipinski definition) is 2. The average molecular weight is 397 g/mol. The molecule has 0 bridgehead atoms. The lowest BCUT2D eigenvalue weighted by molar-refractivity contribution is 0.118. The molecule has 1 fully saturated rings. The highest BCUT2D eigenvalue weighted by Gasteiger charge is 2.14. The van der Waals surface area contributed by atoms with Gasteiger partial charge in [0.05, 0.1) is 12.6 Å². The Kier molecular flexibility index (Phi) is 13.9. The van der Waals surface area contributed by atoms with Crippen molar-refractivity contribution in [2.75, 3.05) is 19.7 Å². The van der Waals surface area contributed by atoms with Gasteiger partial charge in [0.2, 0.25) is 0 Å². The molecule has 1 aliphatic rings. The summed E-state index contributed by atoms with van der Waals surface area (Å²) in [6.07, 6.45) is 11.8. The minimum absolute atomic E-state index is 0. The summed E-state index contributed by atoms with van der Waals surface area (Å²) in [4.78, 5) is 4.32. The molecule has 1 saturated heterocycles. The van der Waals surface area contributed by atoms with Crippen LogP contribution < -0.4 is 11.1 Å². The molecule has 0 spiro atoms. The molecular formula is C15H32IN3O. The predicted octanol–water partition coefficient (Wildman–Crippen LogP) is 3.44. The van der Waals surface area contributed by atoms with Crippen LogP contribution in [0.25, 0.3) is 0 Å². The Hall–Kier alpha value is -0.0400. The minimum Gasteiger partial charge on any atom is -0.376 e. The molecule has 3 N–H and O–H groups in total. The number of rotatable bonds is 10. The smallest absolute Gasteiger partial charge is 0.188 e. The minimum atomic E-state index is 0. The average Bonchev–Trinajstić information content (AvgIpc) is 2.93. The first-order valence-electron chi connectivity index (χ1n) is 7.98. The number of aliphatic imine (C=N–C) groups is 1. The van der Waals surface area contributed by atoms with Crippen LogP contribution in [0, 0.1) is 0 Å². The zero-order chi connectivity index (χ0) is 13.8. The summed E-state index contributed by atoms with van der Waals surface area (Å²) in [5.74, 6) is 0.571. The van der Waals surface area contributed by atoms with Crippen LogP contribution in [0.2, 0.25) is 0 Å². The summed E-state index contributed by atoms with van der Waals surface area (Å²) in [6.45, 7) is 4.78. The van der Waals surface area contributed by atoms with Crippen molar-refractivity contribution in [1.82, 2.24) is 5.32 Å². The number of nitrogens with two attached hydrogens (primary N) is 1. The van der Waals surface area contributed by atoms with Crippen LogP contribution >= 0.6 is 24.0 Å². The number of guanidine groups is 1. The molecule has 1 atom stereocenters. The third-order valence-electron chi connectivity index (χ3n) is 3.58. The highest BCUT2D eigenvalue weighted by molar-refractivity contribution is 14.0. The number of unbranched alkanes of at least 4 members (excludes halogenated alkanes) is 6. The first kappa shape index (κ1) is 20.0. The van der Waals surface area contributed by atoms with Gasteiger partial charge in [0.15, 0.2) is 5.96 Å². The molecule has 0 aromatic heterocycles. The van der Waals surface area contributed by atoms with Gasteiger partial charge in [0.1, 0.15) is 0 Å². The molecule has 0 aromatic carbocycles. The van der Waals surface area contributed by atoms with Gasteiger partial charge >= 0.3 is 0 Å². The monoisotopic (exact) mass is 397 g/mol. The molecule has 1 rings (SSSR count). The molecule has 0 radical (unpaired) electrons. The van der Waals surface area contributed by atoms with Crippen LogP contribution in [0.5, 0.6) is 0 Å². The molecule has 0 aromatic rings. The summed E-state index contributed by atoms with van der Waals surface area (Å²) >= 11 is 0. The van der Waals surface area contributed by atoms with Gasteiger partial charge in [0, 0.05) is 13.2 Å².